The van der Waals surface area contributed by atoms with Crippen LogP contribution in [0.15, 0.2) is 36.4 Å². The third kappa shape index (κ3) is 5.42. The molecule has 0 saturated carbocycles. The Kier molecular flexibility index (Phi) is 5.86. The van der Waals surface area contributed by atoms with Crippen LogP contribution in [0.3, 0.4) is 0 Å². The summed E-state index contributed by atoms with van der Waals surface area (Å²) < 4.78 is 0. The van der Waals surface area contributed by atoms with E-state index in [-0.39, 0.29) is 0 Å². The molecule has 0 unspecified atom stereocenters. The Labute approximate surface area is 171 Å². The van der Waals surface area contributed by atoms with E-state index in [0.29, 0.717) is 17.7 Å². The van der Waals surface area contributed by atoms with Crippen LogP contribution in [-0.2, 0) is 0 Å². The van der Waals surface area contributed by atoms with Gasteiger partial charge in [-0.05, 0) is 51.4 Å². The van der Waals surface area contributed by atoms with Crippen molar-refractivity contribution in [2.24, 2.45) is 0 Å². The molecule has 0 bridgehead atoms. The number of hydrogen-bond donors (Lipinski definition) is 4. The van der Waals surface area contributed by atoms with Crippen molar-refractivity contribution in [1.82, 2.24) is 25.5 Å². The van der Waals surface area contributed by atoms with Crippen molar-refractivity contribution >= 4 is 29.6 Å². The van der Waals surface area contributed by atoms with Gasteiger partial charge in [0.05, 0.1) is 0 Å². The SMILES string of the molecule is Cc1ccc(/C=C/c2nc(Nc3cc(C)[nH]n3)cc(NC3CCNCC3)n2)cc1. The summed E-state index contributed by atoms with van der Waals surface area (Å²) in [6.45, 7) is 6.11. The number of benzene rings is 1. The van der Waals surface area contributed by atoms with Crippen LogP contribution in [0.5, 0.6) is 0 Å². The Bertz CT molecular complexity index is 969. The number of nitrogens with zero attached hydrogens (tertiary/aromatic N) is 3. The van der Waals surface area contributed by atoms with Crippen LogP contribution in [0.2, 0.25) is 0 Å². The van der Waals surface area contributed by atoms with Crippen molar-refractivity contribution in [2.75, 3.05) is 23.7 Å². The zero-order valence-corrected chi connectivity index (χ0v) is 16.9. The molecule has 1 fully saturated rings. The zero-order chi connectivity index (χ0) is 20.1. The molecule has 0 atom stereocenters. The first-order chi connectivity index (χ1) is 14.1. The minimum atomic E-state index is 0.417. The third-order valence-corrected chi connectivity index (χ3v) is 4.90. The molecule has 0 radical (unpaired) electrons. The molecule has 7 heteroatoms. The Morgan fingerprint density at radius 3 is 2.41 bits per heavy atom. The molecule has 1 saturated heterocycles. The maximum absolute atomic E-state index is 4.71. The number of piperidine rings is 1. The number of aryl methyl sites for hydroxylation is 2. The first kappa shape index (κ1) is 19.1. The highest BCUT2D eigenvalue weighted by molar-refractivity contribution is 5.69. The summed E-state index contributed by atoms with van der Waals surface area (Å²) >= 11 is 0. The Morgan fingerprint density at radius 1 is 0.931 bits per heavy atom. The number of rotatable bonds is 6. The van der Waals surface area contributed by atoms with Crippen molar-refractivity contribution in [3.05, 3.63) is 59.0 Å². The van der Waals surface area contributed by atoms with E-state index in [1.807, 2.05) is 31.2 Å². The molecule has 7 nitrogen and oxygen atoms in total. The van der Waals surface area contributed by atoms with Gasteiger partial charge in [0.1, 0.15) is 11.6 Å². The van der Waals surface area contributed by atoms with E-state index in [2.05, 4.69) is 62.3 Å². The zero-order valence-electron chi connectivity index (χ0n) is 16.9. The smallest absolute Gasteiger partial charge is 0.156 e. The predicted octanol–water partition coefficient (Wildman–Crippen LogP) is 3.89. The molecule has 3 aromatic rings. The van der Waals surface area contributed by atoms with Crippen molar-refractivity contribution in [1.29, 1.82) is 0 Å². The molecule has 0 spiro atoms. The topological polar surface area (TPSA) is 90.5 Å². The molecule has 150 valence electrons. The highest BCUT2D eigenvalue weighted by Gasteiger charge is 2.14. The number of aromatic nitrogens is 4. The highest BCUT2D eigenvalue weighted by atomic mass is 15.2. The van der Waals surface area contributed by atoms with Crippen LogP contribution in [0.25, 0.3) is 12.2 Å². The summed E-state index contributed by atoms with van der Waals surface area (Å²) in [6, 6.07) is 12.7. The molecule has 4 N–H and O–H groups in total. The number of H-pyrrole nitrogens is 1. The number of anilines is 3. The molecule has 3 heterocycles. The number of aromatic amines is 1. The Morgan fingerprint density at radius 2 is 1.69 bits per heavy atom. The average Bonchev–Trinajstić information content (AvgIpc) is 3.13. The second-order valence-corrected chi connectivity index (χ2v) is 7.47. The van der Waals surface area contributed by atoms with Crippen molar-refractivity contribution < 1.29 is 0 Å². The van der Waals surface area contributed by atoms with Gasteiger partial charge in [-0.2, -0.15) is 5.10 Å². The average molecular weight is 390 g/mol. The minimum Gasteiger partial charge on any atom is -0.367 e. The molecule has 0 amide bonds. The van der Waals surface area contributed by atoms with E-state index in [9.17, 15) is 0 Å². The van der Waals surface area contributed by atoms with Crippen molar-refractivity contribution in [3.8, 4) is 0 Å². The third-order valence-electron chi connectivity index (χ3n) is 4.90. The summed E-state index contributed by atoms with van der Waals surface area (Å²) in [7, 11) is 0. The monoisotopic (exact) mass is 389 g/mol. The molecule has 1 aromatic carbocycles. The summed E-state index contributed by atoms with van der Waals surface area (Å²) in [4.78, 5) is 9.36. The summed E-state index contributed by atoms with van der Waals surface area (Å²) in [5, 5.41) is 17.4. The molecule has 2 aromatic heterocycles. The van der Waals surface area contributed by atoms with E-state index in [1.54, 1.807) is 0 Å². The Balaban J connectivity index is 1.58. The largest absolute Gasteiger partial charge is 0.367 e. The Hall–Kier alpha value is -3.19. The summed E-state index contributed by atoms with van der Waals surface area (Å²) in [5.74, 6) is 2.93. The summed E-state index contributed by atoms with van der Waals surface area (Å²) in [5.41, 5.74) is 3.36. The molecule has 0 aliphatic carbocycles. The van der Waals surface area contributed by atoms with Crippen molar-refractivity contribution in [2.45, 2.75) is 32.7 Å². The van der Waals surface area contributed by atoms with Crippen LogP contribution < -0.4 is 16.0 Å². The minimum absolute atomic E-state index is 0.417. The van der Waals surface area contributed by atoms with Crippen LogP contribution >= 0.6 is 0 Å². The van der Waals surface area contributed by atoms with Gasteiger partial charge < -0.3 is 16.0 Å². The van der Waals surface area contributed by atoms with Gasteiger partial charge >= 0.3 is 0 Å². The molecule has 1 aliphatic rings. The molecular weight excluding hydrogens is 362 g/mol. The maximum atomic E-state index is 4.71. The fourth-order valence-electron chi connectivity index (χ4n) is 3.32. The predicted molar refractivity (Wildman–Crippen MR) is 118 cm³/mol. The maximum Gasteiger partial charge on any atom is 0.156 e. The van der Waals surface area contributed by atoms with Gasteiger partial charge in [-0.15, -0.1) is 0 Å². The van der Waals surface area contributed by atoms with E-state index < -0.39 is 0 Å². The lowest BCUT2D eigenvalue weighted by atomic mass is 10.1. The molecule has 29 heavy (non-hydrogen) atoms. The fraction of sp³-hybridized carbons (Fsp3) is 0.318. The lowest BCUT2D eigenvalue weighted by Crippen LogP contribution is -2.35. The lowest BCUT2D eigenvalue weighted by molar-refractivity contribution is 0.478. The van der Waals surface area contributed by atoms with Crippen LogP contribution in [0.1, 0.15) is 35.5 Å². The van der Waals surface area contributed by atoms with Crippen LogP contribution in [-0.4, -0.2) is 39.3 Å². The first-order valence-electron chi connectivity index (χ1n) is 10.0. The van der Waals surface area contributed by atoms with Gasteiger partial charge in [-0.3, -0.25) is 5.10 Å². The van der Waals surface area contributed by atoms with E-state index in [4.69, 9.17) is 4.98 Å². The standard InChI is InChI=1S/C22H27N7/c1-15-3-5-17(6-4-15)7-8-19-25-20(24-18-9-11-23-12-10-18)14-21(26-19)27-22-13-16(2)28-29-22/h3-8,13-14,18,23H,9-12H2,1-2H3,(H3,24,25,26,27,28,29)/b8-7+. The van der Waals surface area contributed by atoms with Gasteiger partial charge in [0.25, 0.3) is 0 Å². The second-order valence-electron chi connectivity index (χ2n) is 7.47. The fourth-order valence-corrected chi connectivity index (χ4v) is 3.32. The van der Waals surface area contributed by atoms with Crippen molar-refractivity contribution in [3.63, 3.8) is 0 Å². The second kappa shape index (κ2) is 8.87. The normalized spacial score (nSPS) is 15.0. The van der Waals surface area contributed by atoms with Gasteiger partial charge in [0, 0.05) is 23.9 Å². The molecular formula is C22H27N7. The highest BCUT2D eigenvalue weighted by Crippen LogP contribution is 2.20. The van der Waals surface area contributed by atoms with Gasteiger partial charge in [0.2, 0.25) is 0 Å². The summed E-state index contributed by atoms with van der Waals surface area (Å²) in [6.07, 6.45) is 6.14. The van der Waals surface area contributed by atoms with E-state index in [1.165, 1.54) is 5.56 Å². The van der Waals surface area contributed by atoms with Crippen LogP contribution in [0.4, 0.5) is 17.5 Å². The van der Waals surface area contributed by atoms with E-state index >= 15 is 0 Å². The van der Waals surface area contributed by atoms with Crippen LogP contribution in [0, 0.1) is 13.8 Å². The molecule has 4 rings (SSSR count). The van der Waals surface area contributed by atoms with Gasteiger partial charge in [-0.25, -0.2) is 9.97 Å². The molecule has 1 aliphatic heterocycles. The van der Waals surface area contributed by atoms with Gasteiger partial charge in [0.15, 0.2) is 11.6 Å². The van der Waals surface area contributed by atoms with E-state index in [0.717, 1.165) is 48.8 Å². The van der Waals surface area contributed by atoms with Gasteiger partial charge in [-0.1, -0.05) is 35.9 Å². The lowest BCUT2D eigenvalue weighted by Gasteiger charge is -2.24. The number of nitrogens with one attached hydrogen (secondary N) is 4. The number of hydrogen-bond acceptors (Lipinski definition) is 6. The first-order valence-corrected chi connectivity index (χ1v) is 10.0. The quantitative estimate of drug-likeness (QED) is 0.511.